The van der Waals surface area contributed by atoms with Gasteiger partial charge >= 0.3 is 0 Å². The van der Waals surface area contributed by atoms with Gasteiger partial charge in [0, 0.05) is 17.8 Å². The Morgan fingerprint density at radius 3 is 3.00 bits per heavy atom. The van der Waals surface area contributed by atoms with E-state index in [1.807, 2.05) is 46.4 Å². The molecule has 128 valence electrons. The number of carbonyl (C=O) groups excluding carboxylic acids is 1. The summed E-state index contributed by atoms with van der Waals surface area (Å²) in [6.07, 6.45) is 3.84. The number of fused-ring (bicyclic) bond motifs is 2. The minimum absolute atomic E-state index is 0.264. The normalized spacial score (nSPS) is 11.4. The fourth-order valence-corrected chi connectivity index (χ4v) is 4.32. The molecule has 5 aromatic rings. The Morgan fingerprint density at radius 1 is 1.19 bits per heavy atom. The molecule has 0 saturated heterocycles. The number of hydrogen-bond donors (Lipinski definition) is 1. The molecular weight excluding hydrogens is 368 g/mol. The van der Waals surface area contributed by atoms with Crippen molar-refractivity contribution < 1.29 is 9.21 Å². The van der Waals surface area contributed by atoms with E-state index >= 15 is 0 Å². The Morgan fingerprint density at radius 2 is 2.12 bits per heavy atom. The fraction of sp³-hybridized carbons (Fsp3) is 0.0556. The van der Waals surface area contributed by atoms with E-state index in [0.29, 0.717) is 12.3 Å². The van der Waals surface area contributed by atoms with E-state index in [4.69, 9.17) is 4.42 Å². The molecule has 0 saturated carbocycles. The third kappa shape index (κ3) is 2.69. The lowest BCUT2D eigenvalue weighted by atomic mass is 10.3. The number of benzene rings is 1. The largest absolute Gasteiger partial charge is 0.448 e. The first-order chi connectivity index (χ1) is 12.8. The lowest BCUT2D eigenvalue weighted by molar-refractivity contribution is 0.0923. The molecule has 0 fully saturated rings. The van der Waals surface area contributed by atoms with E-state index in [2.05, 4.69) is 15.3 Å². The Balaban J connectivity index is 1.32. The van der Waals surface area contributed by atoms with Crippen molar-refractivity contribution in [2.75, 3.05) is 0 Å². The van der Waals surface area contributed by atoms with Crippen LogP contribution in [0.15, 0.2) is 58.6 Å². The molecule has 4 aromatic heterocycles. The molecule has 0 aliphatic heterocycles. The van der Waals surface area contributed by atoms with Crippen LogP contribution < -0.4 is 5.32 Å². The fourth-order valence-electron chi connectivity index (χ4n) is 2.67. The van der Waals surface area contributed by atoms with Crippen molar-refractivity contribution >= 4 is 43.8 Å². The highest BCUT2D eigenvalue weighted by Gasteiger charge is 2.15. The summed E-state index contributed by atoms with van der Waals surface area (Å²) in [4.78, 5) is 22.2. The average molecular weight is 380 g/mol. The van der Waals surface area contributed by atoms with E-state index < -0.39 is 0 Å². The second kappa shape index (κ2) is 6.08. The number of imidazole rings is 1. The number of nitrogens with zero attached hydrogens (tertiary/aromatic N) is 3. The van der Waals surface area contributed by atoms with Crippen LogP contribution in [0.1, 0.15) is 16.2 Å². The maximum atomic E-state index is 12.3. The van der Waals surface area contributed by atoms with Crippen molar-refractivity contribution in [2.24, 2.45) is 0 Å². The number of para-hydroxylation sites is 1. The van der Waals surface area contributed by atoms with Crippen molar-refractivity contribution in [3.05, 3.63) is 65.6 Å². The first-order valence-corrected chi connectivity index (χ1v) is 9.61. The molecule has 0 bridgehead atoms. The molecule has 0 unspecified atom stereocenters. The second-order valence-electron chi connectivity index (χ2n) is 5.66. The van der Waals surface area contributed by atoms with Gasteiger partial charge in [-0.1, -0.05) is 12.1 Å². The SMILES string of the molecule is O=C(NCc1cn2ccsc2n1)c1ccc(-c2nc3ccccc3s2)o1. The van der Waals surface area contributed by atoms with Crippen LogP contribution in [-0.4, -0.2) is 20.3 Å². The van der Waals surface area contributed by atoms with Crippen LogP contribution in [0, 0.1) is 0 Å². The van der Waals surface area contributed by atoms with Crippen LogP contribution in [0.5, 0.6) is 0 Å². The topological polar surface area (TPSA) is 72.4 Å². The van der Waals surface area contributed by atoms with Crippen molar-refractivity contribution in [3.63, 3.8) is 0 Å². The number of amides is 1. The molecule has 0 atom stereocenters. The van der Waals surface area contributed by atoms with Gasteiger partial charge in [-0.3, -0.25) is 9.20 Å². The van der Waals surface area contributed by atoms with Crippen LogP contribution in [0.2, 0.25) is 0 Å². The third-order valence-electron chi connectivity index (χ3n) is 3.91. The maximum Gasteiger partial charge on any atom is 0.287 e. The number of carbonyl (C=O) groups is 1. The van der Waals surface area contributed by atoms with E-state index in [1.54, 1.807) is 34.8 Å². The standard InChI is InChI=1S/C18H12N4O2S2/c23-16(19-9-11-10-22-7-8-25-18(22)20-11)13-5-6-14(24-13)17-21-12-3-1-2-4-15(12)26-17/h1-8,10H,9H2,(H,19,23). The number of hydrogen-bond acceptors (Lipinski definition) is 6. The quantitative estimate of drug-likeness (QED) is 0.507. The van der Waals surface area contributed by atoms with Gasteiger partial charge in [-0.25, -0.2) is 9.97 Å². The van der Waals surface area contributed by atoms with Crippen LogP contribution in [-0.2, 0) is 6.54 Å². The molecule has 5 rings (SSSR count). The molecule has 26 heavy (non-hydrogen) atoms. The molecule has 4 heterocycles. The molecule has 1 amide bonds. The monoisotopic (exact) mass is 380 g/mol. The first kappa shape index (κ1) is 15.3. The number of thiazole rings is 2. The number of nitrogens with one attached hydrogen (secondary N) is 1. The summed E-state index contributed by atoms with van der Waals surface area (Å²) in [5, 5.41) is 5.57. The predicted molar refractivity (Wildman–Crippen MR) is 102 cm³/mol. The van der Waals surface area contributed by atoms with Gasteiger partial charge in [0.05, 0.1) is 22.5 Å². The van der Waals surface area contributed by atoms with E-state index in [1.165, 1.54) is 0 Å². The summed E-state index contributed by atoms with van der Waals surface area (Å²) in [5.41, 5.74) is 1.73. The van der Waals surface area contributed by atoms with Gasteiger partial charge in [0.15, 0.2) is 21.5 Å². The summed E-state index contributed by atoms with van der Waals surface area (Å²) in [6.45, 7) is 0.352. The lowest BCUT2D eigenvalue weighted by Crippen LogP contribution is -2.22. The summed E-state index contributed by atoms with van der Waals surface area (Å²) in [7, 11) is 0. The summed E-state index contributed by atoms with van der Waals surface area (Å²) >= 11 is 3.10. The highest BCUT2D eigenvalue weighted by molar-refractivity contribution is 7.21. The number of furan rings is 1. The summed E-state index contributed by atoms with van der Waals surface area (Å²) < 4.78 is 8.73. The molecule has 1 aromatic carbocycles. The molecule has 0 aliphatic carbocycles. The molecule has 1 N–H and O–H groups in total. The van der Waals surface area contributed by atoms with Crippen molar-refractivity contribution in [1.29, 1.82) is 0 Å². The van der Waals surface area contributed by atoms with Crippen LogP contribution >= 0.6 is 22.7 Å². The zero-order valence-electron chi connectivity index (χ0n) is 13.4. The molecular formula is C18H12N4O2S2. The first-order valence-electron chi connectivity index (χ1n) is 7.91. The second-order valence-corrected chi connectivity index (χ2v) is 7.56. The molecule has 0 radical (unpaired) electrons. The van der Waals surface area contributed by atoms with Gasteiger partial charge in [-0.15, -0.1) is 22.7 Å². The molecule has 6 nitrogen and oxygen atoms in total. The Hall–Kier alpha value is -2.97. The Bertz CT molecular complexity index is 1170. The van der Waals surface area contributed by atoms with Gasteiger partial charge < -0.3 is 9.73 Å². The number of aromatic nitrogens is 3. The highest BCUT2D eigenvalue weighted by Crippen LogP contribution is 2.31. The van der Waals surface area contributed by atoms with Gasteiger partial charge in [0.2, 0.25) is 0 Å². The van der Waals surface area contributed by atoms with Crippen molar-refractivity contribution in [1.82, 2.24) is 19.7 Å². The molecule has 8 heteroatoms. The number of rotatable bonds is 4. The van der Waals surface area contributed by atoms with E-state index in [-0.39, 0.29) is 11.7 Å². The van der Waals surface area contributed by atoms with E-state index in [9.17, 15) is 4.79 Å². The van der Waals surface area contributed by atoms with Gasteiger partial charge in [0.25, 0.3) is 5.91 Å². The Labute approximate surface area is 155 Å². The van der Waals surface area contributed by atoms with Crippen molar-refractivity contribution in [2.45, 2.75) is 6.54 Å². The predicted octanol–water partition coefficient (Wildman–Crippen LogP) is 4.20. The lowest BCUT2D eigenvalue weighted by Gasteiger charge is -1.99. The minimum Gasteiger partial charge on any atom is -0.448 e. The zero-order chi connectivity index (χ0) is 17.5. The molecule has 0 aliphatic rings. The van der Waals surface area contributed by atoms with E-state index in [0.717, 1.165) is 25.9 Å². The summed E-state index contributed by atoms with van der Waals surface area (Å²) in [6, 6.07) is 11.4. The zero-order valence-corrected chi connectivity index (χ0v) is 15.0. The van der Waals surface area contributed by atoms with Crippen molar-refractivity contribution in [3.8, 4) is 10.8 Å². The van der Waals surface area contributed by atoms with Crippen LogP contribution in [0.4, 0.5) is 0 Å². The minimum atomic E-state index is -0.270. The van der Waals surface area contributed by atoms with Gasteiger partial charge in [0.1, 0.15) is 0 Å². The summed E-state index contributed by atoms with van der Waals surface area (Å²) in [5.74, 6) is 0.591. The van der Waals surface area contributed by atoms with Gasteiger partial charge in [-0.2, -0.15) is 0 Å². The Kier molecular flexibility index (Phi) is 3.58. The van der Waals surface area contributed by atoms with Crippen LogP contribution in [0.3, 0.4) is 0 Å². The van der Waals surface area contributed by atoms with Gasteiger partial charge in [-0.05, 0) is 24.3 Å². The maximum absolute atomic E-state index is 12.3. The highest BCUT2D eigenvalue weighted by atomic mass is 32.1. The smallest absolute Gasteiger partial charge is 0.287 e. The third-order valence-corrected chi connectivity index (χ3v) is 5.73. The molecule has 0 spiro atoms. The average Bonchev–Trinajstić information content (AvgIpc) is 3.41. The van der Waals surface area contributed by atoms with Crippen LogP contribution in [0.25, 0.3) is 25.9 Å².